The Kier molecular flexibility index (Phi) is 5.93. The van der Waals surface area contributed by atoms with Crippen molar-refractivity contribution in [2.24, 2.45) is 0 Å². The molecule has 3 N–H and O–H groups in total. The second-order valence-corrected chi connectivity index (χ2v) is 5.78. The number of hydrogen-bond acceptors (Lipinski definition) is 5. The fourth-order valence-corrected chi connectivity index (χ4v) is 2.76. The summed E-state index contributed by atoms with van der Waals surface area (Å²) in [5.41, 5.74) is 0. The molecule has 0 heterocycles. The highest BCUT2D eigenvalue weighted by Crippen LogP contribution is 2.21. The maximum absolute atomic E-state index is 12.0. The zero-order valence-electron chi connectivity index (χ0n) is 11.3. The van der Waals surface area contributed by atoms with Gasteiger partial charge in [-0.25, -0.2) is 8.42 Å². The normalized spacial score (nSPS) is 12.9. The van der Waals surface area contributed by atoms with Crippen LogP contribution in [-0.4, -0.2) is 45.7 Å². The molecule has 0 saturated heterocycles. The predicted octanol–water partition coefficient (Wildman–Crippen LogP) is -0.178. The smallest absolute Gasteiger partial charge is 0.244 e. The van der Waals surface area contributed by atoms with E-state index in [-0.39, 0.29) is 17.2 Å². The van der Waals surface area contributed by atoms with E-state index in [2.05, 4.69) is 10.0 Å². The first-order valence-electron chi connectivity index (χ1n) is 5.95. The Balaban J connectivity index is 2.72. The van der Waals surface area contributed by atoms with Gasteiger partial charge in [0.2, 0.25) is 15.9 Å². The van der Waals surface area contributed by atoms with Gasteiger partial charge in [0.05, 0.1) is 12.6 Å². The summed E-state index contributed by atoms with van der Waals surface area (Å²) >= 11 is 0. The summed E-state index contributed by atoms with van der Waals surface area (Å²) < 4.78 is 31.0. The number of sulfonamides is 1. The average molecular weight is 302 g/mol. The van der Waals surface area contributed by atoms with E-state index < -0.39 is 22.0 Å². The first kappa shape index (κ1) is 16.4. The second kappa shape index (κ2) is 7.22. The minimum Gasteiger partial charge on any atom is -0.507 e. The molecule has 0 aliphatic rings. The number of phenols is 1. The molecule has 0 radical (unpaired) electrons. The van der Waals surface area contributed by atoms with Crippen molar-refractivity contribution in [1.29, 1.82) is 0 Å². The summed E-state index contributed by atoms with van der Waals surface area (Å²) in [6.45, 7) is 2.04. The van der Waals surface area contributed by atoms with Crippen molar-refractivity contribution in [2.45, 2.75) is 17.9 Å². The summed E-state index contributed by atoms with van der Waals surface area (Å²) in [6.07, 6.45) is 0. The number of carbonyl (C=O) groups is 1. The highest BCUT2D eigenvalue weighted by molar-refractivity contribution is 7.89. The molecule has 1 atom stereocenters. The van der Waals surface area contributed by atoms with E-state index in [0.717, 1.165) is 0 Å². The number of aromatic hydroxyl groups is 1. The van der Waals surface area contributed by atoms with Crippen LogP contribution in [0.25, 0.3) is 0 Å². The zero-order valence-corrected chi connectivity index (χ0v) is 12.1. The first-order chi connectivity index (χ1) is 9.38. The number of methoxy groups -OCH3 is 1. The molecule has 1 aromatic carbocycles. The summed E-state index contributed by atoms with van der Waals surface area (Å²) in [6, 6.07) is 4.55. The molecule has 20 heavy (non-hydrogen) atoms. The van der Waals surface area contributed by atoms with E-state index in [1.807, 2.05) is 0 Å². The van der Waals surface area contributed by atoms with Crippen LogP contribution in [0, 0.1) is 0 Å². The van der Waals surface area contributed by atoms with Crippen LogP contribution in [0.2, 0.25) is 0 Å². The van der Waals surface area contributed by atoms with Crippen LogP contribution in [0.4, 0.5) is 0 Å². The van der Waals surface area contributed by atoms with E-state index in [0.29, 0.717) is 6.61 Å². The molecular formula is C12H18N2O5S. The van der Waals surface area contributed by atoms with E-state index >= 15 is 0 Å². The van der Waals surface area contributed by atoms with Gasteiger partial charge in [0.25, 0.3) is 0 Å². The Morgan fingerprint density at radius 1 is 1.40 bits per heavy atom. The van der Waals surface area contributed by atoms with Crippen molar-refractivity contribution < 1.29 is 23.1 Å². The minimum absolute atomic E-state index is 0.267. The van der Waals surface area contributed by atoms with E-state index in [4.69, 9.17) is 4.74 Å². The molecule has 0 fully saturated rings. The highest BCUT2D eigenvalue weighted by atomic mass is 32.2. The van der Waals surface area contributed by atoms with Gasteiger partial charge in [-0.1, -0.05) is 12.1 Å². The molecule has 7 nitrogen and oxygen atoms in total. The zero-order chi connectivity index (χ0) is 15.2. The minimum atomic E-state index is -3.96. The number of phenolic OH excluding ortho intramolecular Hbond substituents is 1. The largest absolute Gasteiger partial charge is 0.507 e. The summed E-state index contributed by atoms with van der Waals surface area (Å²) in [5, 5.41) is 12.1. The Labute approximate surface area is 118 Å². The summed E-state index contributed by atoms with van der Waals surface area (Å²) in [7, 11) is -2.46. The Morgan fingerprint density at radius 3 is 2.65 bits per heavy atom. The van der Waals surface area contributed by atoms with E-state index in [1.165, 1.54) is 38.3 Å². The lowest BCUT2D eigenvalue weighted by Gasteiger charge is -2.14. The third kappa shape index (κ3) is 4.48. The fourth-order valence-electron chi connectivity index (χ4n) is 1.46. The Bertz CT molecular complexity index is 559. The number of carbonyl (C=O) groups excluding carboxylic acids is 1. The molecule has 0 aromatic heterocycles. The molecular weight excluding hydrogens is 284 g/mol. The van der Waals surface area contributed by atoms with Gasteiger partial charge in [0.15, 0.2) is 0 Å². The van der Waals surface area contributed by atoms with Gasteiger partial charge < -0.3 is 15.2 Å². The van der Waals surface area contributed by atoms with Crippen LogP contribution >= 0.6 is 0 Å². The van der Waals surface area contributed by atoms with Crippen molar-refractivity contribution in [3.05, 3.63) is 24.3 Å². The number of nitrogens with one attached hydrogen (secondary N) is 2. The third-order valence-corrected chi connectivity index (χ3v) is 4.07. The van der Waals surface area contributed by atoms with Gasteiger partial charge in [0.1, 0.15) is 10.6 Å². The van der Waals surface area contributed by atoms with Crippen molar-refractivity contribution in [3.8, 4) is 5.75 Å². The summed E-state index contributed by atoms with van der Waals surface area (Å²) in [5.74, 6) is -0.840. The molecule has 0 spiro atoms. The van der Waals surface area contributed by atoms with Crippen molar-refractivity contribution in [3.63, 3.8) is 0 Å². The lowest BCUT2D eigenvalue weighted by atomic mass is 10.3. The molecule has 1 rings (SSSR count). The number of rotatable bonds is 7. The van der Waals surface area contributed by atoms with Crippen LogP contribution in [-0.2, 0) is 19.6 Å². The topological polar surface area (TPSA) is 105 Å². The van der Waals surface area contributed by atoms with Gasteiger partial charge in [0, 0.05) is 13.7 Å². The van der Waals surface area contributed by atoms with Crippen LogP contribution in [0.5, 0.6) is 5.75 Å². The van der Waals surface area contributed by atoms with Crippen LogP contribution < -0.4 is 10.0 Å². The summed E-state index contributed by atoms with van der Waals surface area (Å²) in [4.78, 5) is 11.4. The predicted molar refractivity (Wildman–Crippen MR) is 72.8 cm³/mol. The van der Waals surface area contributed by atoms with Gasteiger partial charge in [-0.05, 0) is 19.1 Å². The second-order valence-electron chi connectivity index (χ2n) is 4.09. The molecule has 0 aliphatic carbocycles. The first-order valence-corrected chi connectivity index (χ1v) is 7.44. The van der Waals surface area contributed by atoms with E-state index in [9.17, 15) is 18.3 Å². The molecule has 8 heteroatoms. The highest BCUT2D eigenvalue weighted by Gasteiger charge is 2.23. The fraction of sp³-hybridized carbons (Fsp3) is 0.417. The molecule has 1 aromatic rings. The SMILES string of the molecule is COCCNC(=O)C(C)NS(=O)(=O)c1ccccc1O. The van der Waals surface area contributed by atoms with Gasteiger partial charge in [-0.15, -0.1) is 0 Å². The van der Waals surface area contributed by atoms with Gasteiger partial charge in [-0.3, -0.25) is 4.79 Å². The van der Waals surface area contributed by atoms with E-state index in [1.54, 1.807) is 0 Å². The van der Waals surface area contributed by atoms with Crippen molar-refractivity contribution in [2.75, 3.05) is 20.3 Å². The van der Waals surface area contributed by atoms with Gasteiger partial charge in [-0.2, -0.15) is 4.72 Å². The Hall–Kier alpha value is -1.64. The molecule has 0 bridgehead atoms. The maximum atomic E-state index is 12.0. The maximum Gasteiger partial charge on any atom is 0.244 e. The lowest BCUT2D eigenvalue weighted by Crippen LogP contribution is -2.45. The number of amides is 1. The lowest BCUT2D eigenvalue weighted by molar-refractivity contribution is -0.122. The molecule has 1 unspecified atom stereocenters. The number of para-hydroxylation sites is 1. The van der Waals surface area contributed by atoms with Crippen molar-refractivity contribution >= 4 is 15.9 Å². The Morgan fingerprint density at radius 2 is 2.05 bits per heavy atom. The molecule has 1 amide bonds. The third-order valence-electron chi connectivity index (χ3n) is 2.49. The van der Waals surface area contributed by atoms with Crippen LogP contribution in [0.15, 0.2) is 29.2 Å². The number of hydrogen-bond donors (Lipinski definition) is 3. The number of ether oxygens (including phenoxy) is 1. The van der Waals surface area contributed by atoms with Crippen molar-refractivity contribution in [1.82, 2.24) is 10.0 Å². The van der Waals surface area contributed by atoms with Crippen LogP contribution in [0.3, 0.4) is 0 Å². The molecule has 112 valence electrons. The quantitative estimate of drug-likeness (QED) is 0.606. The standard InChI is InChI=1S/C12H18N2O5S/c1-9(12(16)13-7-8-19-2)14-20(17,18)11-6-4-3-5-10(11)15/h3-6,9,14-15H,7-8H2,1-2H3,(H,13,16). The monoisotopic (exact) mass is 302 g/mol. The van der Waals surface area contributed by atoms with Gasteiger partial charge >= 0.3 is 0 Å². The average Bonchev–Trinajstić information content (AvgIpc) is 2.38. The van der Waals surface area contributed by atoms with Crippen LogP contribution in [0.1, 0.15) is 6.92 Å². The molecule has 0 saturated carbocycles. The number of benzene rings is 1. The molecule has 0 aliphatic heterocycles.